The molecule has 1 unspecified atom stereocenters. The van der Waals surface area contributed by atoms with Gasteiger partial charge in [0.15, 0.2) is 12.5 Å². The Morgan fingerprint density at radius 2 is 2.25 bits per heavy atom. The zero-order valence-corrected chi connectivity index (χ0v) is 8.60. The molecule has 92 valence electrons. The van der Waals surface area contributed by atoms with E-state index in [-0.39, 0.29) is 13.0 Å². The first-order valence-electron chi connectivity index (χ1n) is 4.62. The predicted octanol–water partition coefficient (Wildman–Crippen LogP) is -1.14. The summed E-state index contributed by atoms with van der Waals surface area (Å²) < 4.78 is 22.6. The summed E-state index contributed by atoms with van der Waals surface area (Å²) in [4.78, 5) is 21.7. The number of aliphatic hydroxyl groups excluding tert-OH is 1. The highest BCUT2D eigenvalue weighted by atomic mass is 19.1. The van der Waals surface area contributed by atoms with E-state index in [4.69, 9.17) is 9.84 Å². The first kappa shape index (κ1) is 12.8. The summed E-state index contributed by atoms with van der Waals surface area (Å²) in [5.74, 6) is -1.04. The Bertz CT molecular complexity index is 275. The minimum Gasteiger partial charge on any atom is -0.368 e. The Morgan fingerprint density at radius 1 is 1.56 bits per heavy atom. The number of ether oxygens (including phenoxy) is 2. The molecule has 1 aliphatic heterocycles. The molecule has 16 heavy (non-hydrogen) atoms. The highest BCUT2D eigenvalue weighted by Gasteiger charge is 2.36. The predicted molar refractivity (Wildman–Crippen MR) is 48.9 cm³/mol. The quantitative estimate of drug-likeness (QED) is 0.524. The van der Waals surface area contributed by atoms with Crippen LogP contribution in [0.1, 0.15) is 6.42 Å². The van der Waals surface area contributed by atoms with Crippen molar-refractivity contribution >= 4 is 11.9 Å². The van der Waals surface area contributed by atoms with Crippen LogP contribution in [0.3, 0.4) is 0 Å². The lowest BCUT2D eigenvalue weighted by Gasteiger charge is -2.26. The summed E-state index contributed by atoms with van der Waals surface area (Å²) in [6.45, 7) is -0.0480. The van der Waals surface area contributed by atoms with Crippen LogP contribution in [0.25, 0.3) is 0 Å². The number of urea groups is 1. The van der Waals surface area contributed by atoms with E-state index in [2.05, 4.69) is 10.1 Å². The second-order valence-corrected chi connectivity index (χ2v) is 3.13. The first-order valence-corrected chi connectivity index (χ1v) is 4.62. The van der Waals surface area contributed by atoms with Crippen molar-refractivity contribution in [2.24, 2.45) is 0 Å². The summed E-state index contributed by atoms with van der Waals surface area (Å²) in [6, 6.07) is -0.809. The molecular weight excluding hydrogens is 223 g/mol. The standard InChI is InChI=1S/C8H13FN2O5/c1-15-4(12)2-3-16-7-5(9)6(13)10-8(14)11-7/h4-5,7,12H,2-3H2,1H3,(H2,10,11,13,14)/t4?,5-,7-/m1/s1. The smallest absolute Gasteiger partial charge is 0.323 e. The molecule has 0 aliphatic carbocycles. The van der Waals surface area contributed by atoms with Gasteiger partial charge in [-0.3, -0.25) is 10.1 Å². The lowest BCUT2D eigenvalue weighted by atomic mass is 10.3. The molecule has 1 aliphatic rings. The second-order valence-electron chi connectivity index (χ2n) is 3.13. The third-order valence-corrected chi connectivity index (χ3v) is 1.96. The zero-order chi connectivity index (χ0) is 12.1. The Kier molecular flexibility index (Phi) is 4.59. The SMILES string of the molecule is COC(O)CCO[C@H]1NC(=O)NC(=O)[C@H]1F. The average Bonchev–Trinajstić information content (AvgIpc) is 2.24. The molecule has 1 saturated heterocycles. The van der Waals surface area contributed by atoms with Gasteiger partial charge in [0.25, 0.3) is 5.91 Å². The number of hydrogen-bond donors (Lipinski definition) is 3. The van der Waals surface area contributed by atoms with Gasteiger partial charge in [-0.2, -0.15) is 0 Å². The molecule has 0 aromatic heterocycles. The average molecular weight is 236 g/mol. The van der Waals surface area contributed by atoms with Crippen LogP contribution < -0.4 is 10.6 Å². The van der Waals surface area contributed by atoms with Gasteiger partial charge in [0.2, 0.25) is 6.17 Å². The number of hydrogen-bond acceptors (Lipinski definition) is 5. The van der Waals surface area contributed by atoms with Crippen molar-refractivity contribution in [3.63, 3.8) is 0 Å². The van der Waals surface area contributed by atoms with E-state index >= 15 is 0 Å². The molecular formula is C8H13FN2O5. The zero-order valence-electron chi connectivity index (χ0n) is 8.60. The number of alkyl halides is 1. The summed E-state index contributed by atoms with van der Waals surface area (Å²) in [5.41, 5.74) is 0. The third-order valence-electron chi connectivity index (χ3n) is 1.96. The minimum atomic E-state index is -1.96. The van der Waals surface area contributed by atoms with Crippen LogP contribution in [0.2, 0.25) is 0 Å². The largest absolute Gasteiger partial charge is 0.368 e. The fraction of sp³-hybridized carbons (Fsp3) is 0.750. The van der Waals surface area contributed by atoms with E-state index in [1.165, 1.54) is 7.11 Å². The maximum absolute atomic E-state index is 13.2. The molecule has 1 fully saturated rings. The van der Waals surface area contributed by atoms with Gasteiger partial charge < -0.3 is 19.9 Å². The molecule has 0 aromatic rings. The second kappa shape index (κ2) is 5.73. The number of carbonyl (C=O) groups excluding carboxylic acids is 2. The van der Waals surface area contributed by atoms with Crippen molar-refractivity contribution in [2.45, 2.75) is 25.1 Å². The summed E-state index contributed by atoms with van der Waals surface area (Å²) >= 11 is 0. The van der Waals surface area contributed by atoms with E-state index < -0.39 is 30.6 Å². The van der Waals surface area contributed by atoms with Gasteiger partial charge in [0.05, 0.1) is 6.61 Å². The summed E-state index contributed by atoms with van der Waals surface area (Å²) in [7, 11) is 1.30. The lowest BCUT2D eigenvalue weighted by Crippen LogP contribution is -2.60. The molecule has 0 bridgehead atoms. The van der Waals surface area contributed by atoms with Crippen molar-refractivity contribution in [3.05, 3.63) is 0 Å². The molecule has 0 aromatic carbocycles. The molecule has 1 heterocycles. The molecule has 8 heteroatoms. The van der Waals surface area contributed by atoms with E-state index in [9.17, 15) is 14.0 Å². The van der Waals surface area contributed by atoms with Gasteiger partial charge in [-0.15, -0.1) is 0 Å². The number of halogens is 1. The number of imide groups is 1. The Hall–Kier alpha value is -1.25. The monoisotopic (exact) mass is 236 g/mol. The van der Waals surface area contributed by atoms with Crippen LogP contribution >= 0.6 is 0 Å². The van der Waals surface area contributed by atoms with E-state index in [0.717, 1.165) is 0 Å². The van der Waals surface area contributed by atoms with Crippen LogP contribution in [-0.2, 0) is 14.3 Å². The Morgan fingerprint density at radius 3 is 2.88 bits per heavy atom. The van der Waals surface area contributed by atoms with Crippen molar-refractivity contribution in [3.8, 4) is 0 Å². The molecule has 3 N–H and O–H groups in total. The topological polar surface area (TPSA) is 96.9 Å². The summed E-state index contributed by atoms with van der Waals surface area (Å²) in [6.07, 6.45) is -4.20. The Balaban J connectivity index is 2.35. The van der Waals surface area contributed by atoms with Gasteiger partial charge in [0, 0.05) is 13.5 Å². The highest BCUT2D eigenvalue weighted by Crippen LogP contribution is 2.07. The van der Waals surface area contributed by atoms with Gasteiger partial charge in [-0.25, -0.2) is 9.18 Å². The third kappa shape index (κ3) is 3.40. The van der Waals surface area contributed by atoms with Crippen LogP contribution in [0, 0.1) is 0 Å². The number of carbonyl (C=O) groups is 2. The van der Waals surface area contributed by atoms with Crippen molar-refractivity contribution < 1.29 is 28.6 Å². The van der Waals surface area contributed by atoms with E-state index in [0.29, 0.717) is 0 Å². The molecule has 3 amide bonds. The highest BCUT2D eigenvalue weighted by molar-refractivity contribution is 5.99. The number of nitrogens with one attached hydrogen (secondary N) is 2. The van der Waals surface area contributed by atoms with Crippen molar-refractivity contribution in [2.75, 3.05) is 13.7 Å². The number of methoxy groups -OCH3 is 1. The number of amides is 3. The minimum absolute atomic E-state index is 0.0480. The van der Waals surface area contributed by atoms with Crippen molar-refractivity contribution in [1.82, 2.24) is 10.6 Å². The van der Waals surface area contributed by atoms with Gasteiger partial charge in [0.1, 0.15) is 0 Å². The molecule has 1 rings (SSSR count). The molecule has 0 spiro atoms. The van der Waals surface area contributed by atoms with Crippen LogP contribution in [-0.4, -0.2) is 49.5 Å². The molecule has 7 nitrogen and oxygen atoms in total. The van der Waals surface area contributed by atoms with Crippen LogP contribution in [0.15, 0.2) is 0 Å². The van der Waals surface area contributed by atoms with Crippen molar-refractivity contribution in [1.29, 1.82) is 0 Å². The van der Waals surface area contributed by atoms with E-state index in [1.807, 2.05) is 0 Å². The van der Waals surface area contributed by atoms with Crippen LogP contribution in [0.5, 0.6) is 0 Å². The molecule has 0 radical (unpaired) electrons. The lowest BCUT2D eigenvalue weighted by molar-refractivity contribution is -0.137. The maximum atomic E-state index is 13.2. The number of rotatable bonds is 5. The fourth-order valence-electron chi connectivity index (χ4n) is 1.10. The van der Waals surface area contributed by atoms with Gasteiger partial charge in [-0.05, 0) is 0 Å². The normalized spacial score (nSPS) is 27.2. The maximum Gasteiger partial charge on any atom is 0.323 e. The molecule has 0 saturated carbocycles. The van der Waals surface area contributed by atoms with Crippen LogP contribution in [0.4, 0.5) is 9.18 Å². The number of aliphatic hydroxyl groups is 1. The Labute approximate surface area is 90.9 Å². The van der Waals surface area contributed by atoms with Gasteiger partial charge >= 0.3 is 6.03 Å². The fourth-order valence-corrected chi connectivity index (χ4v) is 1.10. The first-order chi connectivity index (χ1) is 7.54. The van der Waals surface area contributed by atoms with E-state index in [1.54, 1.807) is 5.32 Å². The summed E-state index contributed by atoms with van der Waals surface area (Å²) in [5, 5.41) is 12.8. The molecule has 3 atom stereocenters. The van der Waals surface area contributed by atoms with Gasteiger partial charge in [-0.1, -0.05) is 0 Å².